The summed E-state index contributed by atoms with van der Waals surface area (Å²) in [7, 11) is -1.23. The molecule has 11 heteroatoms. The molecule has 0 radical (unpaired) electrons. The quantitative estimate of drug-likeness (QED) is 0.129. The SMILES string of the molecule is CC(C)OCCOc1c(C(F)(F)F)ccc([S+](C)C(C)OCCOc2ccc(C3CCCCC3)cc2)c1C(F)(F)F. The summed E-state index contributed by atoms with van der Waals surface area (Å²) >= 11 is 0. The lowest BCUT2D eigenvalue weighted by atomic mass is 9.84. The van der Waals surface area contributed by atoms with Crippen LogP contribution in [0.3, 0.4) is 0 Å². The summed E-state index contributed by atoms with van der Waals surface area (Å²) in [6, 6.07) is 9.45. The topological polar surface area (TPSA) is 36.9 Å². The predicted octanol–water partition coefficient (Wildman–Crippen LogP) is 8.62. The van der Waals surface area contributed by atoms with E-state index in [-0.39, 0.29) is 30.8 Å². The van der Waals surface area contributed by atoms with Crippen LogP contribution in [0.25, 0.3) is 0 Å². The van der Waals surface area contributed by atoms with Crippen molar-refractivity contribution in [1.82, 2.24) is 0 Å². The first-order chi connectivity index (χ1) is 19.3. The number of rotatable bonds is 13. The normalized spacial score (nSPS) is 16.6. The molecule has 0 aliphatic heterocycles. The summed E-state index contributed by atoms with van der Waals surface area (Å²) in [5.41, 5.74) is -2.34. The lowest BCUT2D eigenvalue weighted by Crippen LogP contribution is -2.27. The molecule has 0 saturated heterocycles. The van der Waals surface area contributed by atoms with E-state index in [9.17, 15) is 26.3 Å². The van der Waals surface area contributed by atoms with Crippen LogP contribution in [-0.4, -0.2) is 44.2 Å². The molecule has 41 heavy (non-hydrogen) atoms. The van der Waals surface area contributed by atoms with Crippen molar-refractivity contribution in [2.24, 2.45) is 0 Å². The van der Waals surface area contributed by atoms with E-state index in [2.05, 4.69) is 12.1 Å². The summed E-state index contributed by atoms with van der Waals surface area (Å²) in [6.45, 7) is 4.65. The highest BCUT2D eigenvalue weighted by molar-refractivity contribution is 7.96. The minimum Gasteiger partial charge on any atom is -0.491 e. The molecule has 3 rings (SSSR count). The lowest BCUT2D eigenvalue weighted by molar-refractivity contribution is -0.147. The Morgan fingerprint density at radius 2 is 1.37 bits per heavy atom. The summed E-state index contributed by atoms with van der Waals surface area (Å²) in [4.78, 5) is -0.308. The van der Waals surface area contributed by atoms with Crippen LogP contribution in [0, 0.1) is 0 Å². The van der Waals surface area contributed by atoms with Gasteiger partial charge in [-0.15, -0.1) is 0 Å². The fraction of sp³-hybridized carbons (Fsp3) is 0.600. The molecule has 1 fully saturated rings. The fourth-order valence-corrected chi connectivity index (χ4v) is 6.30. The molecule has 2 aromatic carbocycles. The van der Waals surface area contributed by atoms with Gasteiger partial charge in [-0.2, -0.15) is 26.3 Å². The molecule has 1 aliphatic carbocycles. The second-order valence-electron chi connectivity index (χ2n) is 10.3. The van der Waals surface area contributed by atoms with Gasteiger partial charge in [0, 0.05) is 6.92 Å². The zero-order chi connectivity index (χ0) is 30.2. The van der Waals surface area contributed by atoms with Crippen molar-refractivity contribution in [3.63, 3.8) is 0 Å². The largest absolute Gasteiger partial charge is 0.491 e. The Kier molecular flexibility index (Phi) is 12.1. The van der Waals surface area contributed by atoms with Gasteiger partial charge < -0.3 is 18.9 Å². The molecular weight excluding hydrogens is 570 g/mol. The van der Waals surface area contributed by atoms with E-state index in [1.165, 1.54) is 43.9 Å². The average Bonchev–Trinajstić information content (AvgIpc) is 2.92. The molecule has 230 valence electrons. The highest BCUT2D eigenvalue weighted by Gasteiger charge is 2.48. The molecule has 4 nitrogen and oxygen atoms in total. The minimum atomic E-state index is -5.08. The number of hydrogen-bond donors (Lipinski definition) is 0. The van der Waals surface area contributed by atoms with E-state index in [0.29, 0.717) is 17.7 Å². The molecule has 0 aromatic heterocycles. The van der Waals surface area contributed by atoms with Crippen LogP contribution >= 0.6 is 0 Å². The van der Waals surface area contributed by atoms with Crippen LogP contribution in [0.4, 0.5) is 26.3 Å². The first-order valence-electron chi connectivity index (χ1n) is 13.8. The van der Waals surface area contributed by atoms with Gasteiger partial charge in [-0.3, -0.25) is 0 Å². The maximum Gasteiger partial charge on any atom is 0.424 e. The molecule has 0 amide bonds. The average molecular weight is 610 g/mol. The molecule has 0 heterocycles. The molecule has 0 bridgehead atoms. The second kappa shape index (κ2) is 14.9. The molecule has 0 N–H and O–H groups in total. The van der Waals surface area contributed by atoms with Gasteiger partial charge in [0.05, 0.1) is 35.8 Å². The maximum atomic E-state index is 14.2. The molecule has 2 aromatic rings. The van der Waals surface area contributed by atoms with Crippen molar-refractivity contribution in [2.45, 2.75) is 87.6 Å². The van der Waals surface area contributed by atoms with Crippen molar-refractivity contribution < 1.29 is 45.3 Å². The smallest absolute Gasteiger partial charge is 0.424 e. The van der Waals surface area contributed by atoms with Crippen LogP contribution in [0.2, 0.25) is 0 Å². The van der Waals surface area contributed by atoms with Gasteiger partial charge in [0.2, 0.25) is 5.44 Å². The van der Waals surface area contributed by atoms with Gasteiger partial charge in [0.25, 0.3) is 0 Å². The van der Waals surface area contributed by atoms with Crippen LogP contribution in [0.5, 0.6) is 11.5 Å². The maximum absolute atomic E-state index is 14.2. The Hall–Kier alpha value is -2.11. The summed E-state index contributed by atoms with van der Waals surface area (Å²) in [5, 5.41) is 0. The van der Waals surface area contributed by atoms with Crippen LogP contribution in [0.15, 0.2) is 41.3 Å². The van der Waals surface area contributed by atoms with Gasteiger partial charge in [-0.05, 0) is 62.4 Å². The molecule has 0 spiro atoms. The van der Waals surface area contributed by atoms with E-state index in [1.807, 2.05) is 12.1 Å². The summed E-state index contributed by atoms with van der Waals surface area (Å²) < 4.78 is 106. The monoisotopic (exact) mass is 609 g/mol. The van der Waals surface area contributed by atoms with E-state index >= 15 is 0 Å². The van der Waals surface area contributed by atoms with Crippen molar-refractivity contribution in [3.8, 4) is 11.5 Å². The summed E-state index contributed by atoms with van der Waals surface area (Å²) in [6.07, 6.45) is -2.69. The number of benzene rings is 2. The molecule has 2 unspecified atom stereocenters. The molecular formula is C30H39F6O4S+. The van der Waals surface area contributed by atoms with Crippen molar-refractivity contribution in [3.05, 3.63) is 53.1 Å². The third-order valence-electron chi connectivity index (χ3n) is 7.00. The Morgan fingerprint density at radius 3 is 1.95 bits per heavy atom. The number of hydrogen-bond acceptors (Lipinski definition) is 4. The van der Waals surface area contributed by atoms with E-state index in [4.69, 9.17) is 18.9 Å². The third kappa shape index (κ3) is 9.71. The predicted molar refractivity (Wildman–Crippen MR) is 148 cm³/mol. The Bertz CT molecular complexity index is 1080. The summed E-state index contributed by atoms with van der Waals surface area (Å²) in [5.74, 6) is 0.0126. The lowest BCUT2D eigenvalue weighted by Gasteiger charge is -2.22. The first kappa shape index (κ1) is 33.4. The molecule has 1 aliphatic rings. The van der Waals surface area contributed by atoms with Gasteiger partial charge in [-0.1, -0.05) is 31.4 Å². The van der Waals surface area contributed by atoms with Crippen LogP contribution < -0.4 is 9.47 Å². The van der Waals surface area contributed by atoms with Crippen LogP contribution in [0.1, 0.15) is 75.5 Å². The second-order valence-corrected chi connectivity index (χ2v) is 12.5. The number of alkyl halides is 6. The standard InChI is InChI=1S/C30H39F6O4S/c1-20(2)37-16-19-40-28-25(29(31,32)33)14-15-26(27(28)30(34,35)36)41(4)21(3)38-17-18-39-24-12-10-23(11-13-24)22-8-6-5-7-9-22/h10-15,20-22H,5-9,16-19H2,1-4H3/q+1. The van der Waals surface area contributed by atoms with Crippen molar-refractivity contribution in [2.75, 3.05) is 32.7 Å². The first-order valence-corrected chi connectivity index (χ1v) is 15.5. The van der Waals surface area contributed by atoms with E-state index in [0.717, 1.165) is 6.07 Å². The highest BCUT2D eigenvalue weighted by Crippen LogP contribution is 2.47. The third-order valence-corrected chi connectivity index (χ3v) is 9.16. The minimum absolute atomic E-state index is 0.0980. The number of halogens is 6. The van der Waals surface area contributed by atoms with E-state index in [1.54, 1.807) is 20.8 Å². The zero-order valence-electron chi connectivity index (χ0n) is 23.9. The fourth-order valence-electron chi connectivity index (χ4n) is 4.83. The van der Waals surface area contributed by atoms with Crippen molar-refractivity contribution in [1.29, 1.82) is 0 Å². The highest BCUT2D eigenvalue weighted by atomic mass is 32.2. The van der Waals surface area contributed by atoms with Crippen molar-refractivity contribution >= 4 is 10.9 Å². The van der Waals surface area contributed by atoms with Gasteiger partial charge in [0.15, 0.2) is 10.5 Å². The number of ether oxygens (including phenoxy) is 4. The van der Waals surface area contributed by atoms with Gasteiger partial charge in [-0.25, -0.2) is 0 Å². The molecule has 1 saturated carbocycles. The molecule has 2 atom stereocenters. The van der Waals surface area contributed by atoms with E-state index < -0.39 is 52.2 Å². The Balaban J connectivity index is 1.67. The van der Waals surface area contributed by atoms with Crippen LogP contribution in [-0.2, 0) is 32.7 Å². The Morgan fingerprint density at radius 1 is 0.756 bits per heavy atom. The Labute approximate surface area is 241 Å². The zero-order valence-corrected chi connectivity index (χ0v) is 24.7. The van der Waals surface area contributed by atoms with Gasteiger partial charge in [0.1, 0.15) is 31.0 Å². The van der Waals surface area contributed by atoms with Gasteiger partial charge >= 0.3 is 12.4 Å².